The lowest BCUT2D eigenvalue weighted by Crippen LogP contribution is -2.29. The van der Waals surface area contributed by atoms with Gasteiger partial charge in [-0.3, -0.25) is 10.1 Å². The van der Waals surface area contributed by atoms with Crippen molar-refractivity contribution in [2.24, 2.45) is 0 Å². The van der Waals surface area contributed by atoms with E-state index in [0.29, 0.717) is 4.47 Å². The van der Waals surface area contributed by atoms with Crippen LogP contribution in [0.4, 0.5) is 4.39 Å². The number of benzene rings is 1. The molecule has 1 unspecified atom stereocenters. The van der Waals surface area contributed by atoms with Gasteiger partial charge in [-0.2, -0.15) is 0 Å². The summed E-state index contributed by atoms with van der Waals surface area (Å²) in [5, 5.41) is 11.5. The molecule has 0 amide bonds. The minimum atomic E-state index is -1.17. The van der Waals surface area contributed by atoms with Crippen molar-refractivity contribution in [3.05, 3.63) is 34.1 Å². The molecule has 3 nitrogen and oxygen atoms in total. The molecule has 0 saturated heterocycles. The number of hydrogen-bond acceptors (Lipinski definition) is 2. The summed E-state index contributed by atoms with van der Waals surface area (Å²) in [7, 11) is 0. The summed E-state index contributed by atoms with van der Waals surface area (Å²) in [6.45, 7) is 0.0620. The topological polar surface area (TPSA) is 49.3 Å². The molecule has 84 valence electrons. The van der Waals surface area contributed by atoms with Gasteiger partial charge in [0.1, 0.15) is 11.9 Å². The van der Waals surface area contributed by atoms with Crippen LogP contribution < -0.4 is 5.32 Å². The molecular weight excluding hydrogens is 277 g/mol. The van der Waals surface area contributed by atoms with Crippen LogP contribution in [-0.2, 0) is 4.79 Å². The Morgan fingerprint density at radius 3 is 2.88 bits per heavy atom. The number of aliphatic carboxylic acids is 1. The molecule has 0 aliphatic rings. The predicted molar refractivity (Wildman–Crippen MR) is 61.3 cm³/mol. The van der Waals surface area contributed by atoms with Crippen LogP contribution in [0, 0.1) is 18.2 Å². The summed E-state index contributed by atoms with van der Waals surface area (Å²) < 4.78 is 14.1. The van der Waals surface area contributed by atoms with Crippen LogP contribution in [0.5, 0.6) is 0 Å². The zero-order chi connectivity index (χ0) is 12.1. The van der Waals surface area contributed by atoms with Crippen molar-refractivity contribution in [1.82, 2.24) is 5.32 Å². The molecule has 0 aliphatic heterocycles. The van der Waals surface area contributed by atoms with Gasteiger partial charge >= 0.3 is 5.97 Å². The van der Waals surface area contributed by atoms with Crippen molar-refractivity contribution in [3.8, 4) is 12.3 Å². The summed E-state index contributed by atoms with van der Waals surface area (Å²) in [6, 6.07) is 3.06. The highest BCUT2D eigenvalue weighted by Crippen LogP contribution is 2.21. The maximum atomic E-state index is 13.5. The zero-order valence-corrected chi connectivity index (χ0v) is 9.79. The summed E-state index contributed by atoms with van der Waals surface area (Å²) in [4.78, 5) is 10.9. The van der Waals surface area contributed by atoms with Gasteiger partial charge in [0.15, 0.2) is 0 Å². The average Bonchev–Trinajstić information content (AvgIpc) is 2.20. The van der Waals surface area contributed by atoms with E-state index in [9.17, 15) is 9.18 Å². The van der Waals surface area contributed by atoms with Crippen molar-refractivity contribution >= 4 is 21.9 Å². The zero-order valence-electron chi connectivity index (χ0n) is 8.21. The van der Waals surface area contributed by atoms with Gasteiger partial charge in [0, 0.05) is 10.0 Å². The molecule has 0 aliphatic carbocycles. The van der Waals surface area contributed by atoms with E-state index in [1.165, 1.54) is 12.1 Å². The minimum Gasteiger partial charge on any atom is -0.480 e. The van der Waals surface area contributed by atoms with Gasteiger partial charge < -0.3 is 5.11 Å². The van der Waals surface area contributed by atoms with Gasteiger partial charge in [0.2, 0.25) is 0 Å². The van der Waals surface area contributed by atoms with Gasteiger partial charge in [-0.1, -0.05) is 27.9 Å². The summed E-state index contributed by atoms with van der Waals surface area (Å²) in [5.74, 6) is 0.486. The quantitative estimate of drug-likeness (QED) is 0.832. The number of hydrogen-bond donors (Lipinski definition) is 2. The molecule has 0 bridgehead atoms. The Bertz CT molecular complexity index is 442. The molecule has 0 aromatic heterocycles. The maximum Gasteiger partial charge on any atom is 0.325 e. The largest absolute Gasteiger partial charge is 0.480 e. The SMILES string of the molecule is C#CCNC(C(=O)O)c1ccc(Br)cc1F. The lowest BCUT2D eigenvalue weighted by molar-refractivity contribution is -0.139. The van der Waals surface area contributed by atoms with Crippen molar-refractivity contribution in [2.75, 3.05) is 6.54 Å². The fraction of sp³-hybridized carbons (Fsp3) is 0.182. The molecule has 1 rings (SSSR count). The number of carboxylic acid groups (broad SMARTS) is 1. The molecule has 2 N–H and O–H groups in total. The lowest BCUT2D eigenvalue weighted by Gasteiger charge is -2.13. The van der Waals surface area contributed by atoms with Crippen molar-refractivity contribution in [1.29, 1.82) is 0 Å². The van der Waals surface area contributed by atoms with Crippen LogP contribution >= 0.6 is 15.9 Å². The molecule has 1 aromatic rings. The lowest BCUT2D eigenvalue weighted by atomic mass is 10.1. The van der Waals surface area contributed by atoms with E-state index in [1.54, 1.807) is 6.07 Å². The molecule has 1 aromatic carbocycles. The van der Waals surface area contributed by atoms with Crippen LogP contribution in [0.15, 0.2) is 22.7 Å². The first-order valence-corrected chi connectivity index (χ1v) is 5.20. The fourth-order valence-electron chi connectivity index (χ4n) is 1.23. The van der Waals surface area contributed by atoms with Crippen LogP contribution in [0.2, 0.25) is 0 Å². The first-order valence-electron chi connectivity index (χ1n) is 4.41. The Labute approximate surface area is 101 Å². The fourth-order valence-corrected chi connectivity index (χ4v) is 1.56. The Morgan fingerprint density at radius 2 is 2.38 bits per heavy atom. The van der Waals surface area contributed by atoms with Crippen molar-refractivity contribution in [3.63, 3.8) is 0 Å². The van der Waals surface area contributed by atoms with E-state index in [4.69, 9.17) is 11.5 Å². The van der Waals surface area contributed by atoms with Gasteiger partial charge in [-0.25, -0.2) is 4.39 Å². The molecule has 16 heavy (non-hydrogen) atoms. The third kappa shape index (κ3) is 3.05. The molecule has 0 fully saturated rings. The molecule has 0 radical (unpaired) electrons. The molecule has 1 atom stereocenters. The molecule has 0 spiro atoms. The van der Waals surface area contributed by atoms with E-state index in [0.717, 1.165) is 0 Å². The number of carboxylic acids is 1. The Balaban J connectivity index is 3.02. The van der Waals surface area contributed by atoms with E-state index in [-0.39, 0.29) is 12.1 Å². The molecule has 0 saturated carbocycles. The van der Waals surface area contributed by atoms with E-state index < -0.39 is 17.8 Å². The maximum absolute atomic E-state index is 13.5. The first-order chi connectivity index (χ1) is 7.56. The first kappa shape index (κ1) is 12.7. The average molecular weight is 286 g/mol. The number of rotatable bonds is 4. The number of terminal acetylenes is 1. The molecule has 0 heterocycles. The van der Waals surface area contributed by atoms with Gasteiger partial charge in [0.05, 0.1) is 6.54 Å². The third-order valence-electron chi connectivity index (χ3n) is 1.93. The Kier molecular flexibility index (Phi) is 4.47. The van der Waals surface area contributed by atoms with Crippen molar-refractivity contribution in [2.45, 2.75) is 6.04 Å². The van der Waals surface area contributed by atoms with Gasteiger partial charge in [-0.05, 0) is 12.1 Å². The van der Waals surface area contributed by atoms with E-state index in [1.807, 2.05) is 0 Å². The molecule has 5 heteroatoms. The highest BCUT2D eigenvalue weighted by atomic mass is 79.9. The summed E-state index contributed by atoms with van der Waals surface area (Å²) in [6.07, 6.45) is 5.01. The van der Waals surface area contributed by atoms with E-state index in [2.05, 4.69) is 27.2 Å². The highest BCUT2D eigenvalue weighted by Gasteiger charge is 2.22. The van der Waals surface area contributed by atoms with E-state index >= 15 is 0 Å². The van der Waals surface area contributed by atoms with Crippen LogP contribution in [-0.4, -0.2) is 17.6 Å². The summed E-state index contributed by atoms with van der Waals surface area (Å²) in [5.41, 5.74) is 0.0611. The smallest absolute Gasteiger partial charge is 0.325 e. The Morgan fingerprint density at radius 1 is 1.69 bits per heavy atom. The van der Waals surface area contributed by atoms with Crippen LogP contribution in [0.3, 0.4) is 0 Å². The summed E-state index contributed by atoms with van der Waals surface area (Å²) >= 11 is 3.09. The van der Waals surface area contributed by atoms with Crippen molar-refractivity contribution < 1.29 is 14.3 Å². The van der Waals surface area contributed by atoms with Crippen LogP contribution in [0.1, 0.15) is 11.6 Å². The number of halogens is 2. The third-order valence-corrected chi connectivity index (χ3v) is 2.42. The second-order valence-electron chi connectivity index (χ2n) is 3.02. The van der Waals surface area contributed by atoms with Gasteiger partial charge in [-0.15, -0.1) is 6.42 Å². The van der Waals surface area contributed by atoms with Crippen LogP contribution in [0.25, 0.3) is 0 Å². The second-order valence-corrected chi connectivity index (χ2v) is 3.94. The minimum absolute atomic E-state index is 0.0611. The van der Waals surface area contributed by atoms with Gasteiger partial charge in [0.25, 0.3) is 0 Å². The number of carbonyl (C=O) groups is 1. The predicted octanol–water partition coefficient (Wildman–Crippen LogP) is 1.94. The second kappa shape index (κ2) is 5.64. The highest BCUT2D eigenvalue weighted by molar-refractivity contribution is 9.10. The molecular formula is C11H9BrFNO2. The number of nitrogens with one attached hydrogen (secondary N) is 1. The standard InChI is InChI=1S/C11H9BrFNO2/c1-2-5-14-10(11(15)16)8-4-3-7(12)6-9(8)13/h1,3-4,6,10,14H,5H2,(H,15,16). The monoisotopic (exact) mass is 285 g/mol. The Hall–Kier alpha value is -1.38. The normalized spacial score (nSPS) is 11.8.